The highest BCUT2D eigenvalue weighted by Crippen LogP contribution is 2.07. The number of benzene rings is 1. The Hall–Kier alpha value is -3.65. The molecule has 0 aliphatic carbocycles. The fraction of sp³-hybridized carbons (Fsp3) is 0.500. The van der Waals surface area contributed by atoms with Gasteiger partial charge in [0.1, 0.15) is 12.1 Å². The van der Waals surface area contributed by atoms with Crippen molar-refractivity contribution >= 4 is 42.4 Å². The third-order valence-corrected chi connectivity index (χ3v) is 5.40. The first-order valence-electron chi connectivity index (χ1n) is 11.3. The van der Waals surface area contributed by atoms with Crippen molar-refractivity contribution in [3.05, 3.63) is 29.8 Å². The van der Waals surface area contributed by atoms with Gasteiger partial charge in [0, 0.05) is 26.4 Å². The minimum atomic E-state index is -1.53. The Labute approximate surface area is 208 Å². The van der Waals surface area contributed by atoms with Gasteiger partial charge in [0.15, 0.2) is 0 Å². The highest BCUT2D eigenvalue weighted by Gasteiger charge is 2.25. The Balaban J connectivity index is 2.42. The van der Waals surface area contributed by atoms with E-state index in [-0.39, 0.29) is 31.6 Å². The molecule has 0 aliphatic rings. The van der Waals surface area contributed by atoms with Crippen molar-refractivity contribution in [2.45, 2.75) is 57.0 Å². The van der Waals surface area contributed by atoms with E-state index in [1.165, 1.54) is 4.90 Å². The topological polar surface area (TPSA) is 214 Å². The Morgan fingerprint density at radius 3 is 1.92 bits per heavy atom. The fourth-order valence-electron chi connectivity index (χ4n) is 3.29. The van der Waals surface area contributed by atoms with Crippen LogP contribution in [-0.2, 0) is 25.6 Å². The number of carbonyl (C=O) groups excluding carboxylic acids is 2. The van der Waals surface area contributed by atoms with E-state index < -0.39 is 49.6 Å². The van der Waals surface area contributed by atoms with Gasteiger partial charge < -0.3 is 40.9 Å². The standard InChI is InChI=1S/C22H32BN3O10/c1-26(13-3-4-14-7-9-15(10-8-14)23(35)36)18(27)6-2-5-16(20(30)31)24-22(34)25-17(21(32)33)11-12-19(28)29/h7-10,16-17,35-36H,2-6,11-13H2,1H3,(H,28,29)(H,30,31)(H,32,33)(H2,24,25,34)/t16-,17-/m0/s1. The molecule has 0 saturated heterocycles. The molecule has 0 bridgehead atoms. The first-order valence-corrected chi connectivity index (χ1v) is 11.3. The third kappa shape index (κ3) is 11.7. The van der Waals surface area contributed by atoms with Crippen molar-refractivity contribution in [2.75, 3.05) is 13.6 Å². The first-order chi connectivity index (χ1) is 16.9. The first kappa shape index (κ1) is 30.4. The van der Waals surface area contributed by atoms with E-state index in [9.17, 15) is 29.1 Å². The molecule has 13 nitrogen and oxygen atoms in total. The van der Waals surface area contributed by atoms with E-state index in [0.29, 0.717) is 24.8 Å². The van der Waals surface area contributed by atoms with Crippen molar-refractivity contribution in [1.29, 1.82) is 0 Å². The third-order valence-electron chi connectivity index (χ3n) is 5.40. The number of rotatable bonds is 16. The molecule has 36 heavy (non-hydrogen) atoms. The number of carboxylic acids is 3. The van der Waals surface area contributed by atoms with Crippen LogP contribution in [0.5, 0.6) is 0 Å². The second kappa shape index (κ2) is 15.4. The van der Waals surface area contributed by atoms with Crippen LogP contribution in [0.25, 0.3) is 0 Å². The zero-order valence-corrected chi connectivity index (χ0v) is 19.9. The van der Waals surface area contributed by atoms with Crippen molar-refractivity contribution < 1.29 is 49.3 Å². The van der Waals surface area contributed by atoms with E-state index in [4.69, 9.17) is 20.3 Å². The molecule has 14 heteroatoms. The maximum atomic E-state index is 12.3. The summed E-state index contributed by atoms with van der Waals surface area (Å²) in [4.78, 5) is 59.1. The summed E-state index contributed by atoms with van der Waals surface area (Å²) in [5, 5.41) is 49.5. The van der Waals surface area contributed by atoms with Crippen LogP contribution in [0.2, 0.25) is 0 Å². The van der Waals surface area contributed by atoms with Gasteiger partial charge in [-0.05, 0) is 43.1 Å². The van der Waals surface area contributed by atoms with Crippen LogP contribution in [-0.4, -0.2) is 92.9 Å². The SMILES string of the molecule is CN(CCCc1ccc(B(O)O)cc1)C(=O)CCC[C@H](NC(=O)N[C@@H](CCC(=O)O)C(=O)O)C(=O)O. The number of carboxylic acid groups (broad SMARTS) is 3. The van der Waals surface area contributed by atoms with E-state index >= 15 is 0 Å². The van der Waals surface area contributed by atoms with Gasteiger partial charge in [-0.15, -0.1) is 0 Å². The Kier molecular flexibility index (Phi) is 13.0. The lowest BCUT2D eigenvalue weighted by Crippen LogP contribution is -2.51. The number of nitrogens with one attached hydrogen (secondary N) is 2. The number of urea groups is 1. The molecule has 7 N–H and O–H groups in total. The summed E-state index contributed by atoms with van der Waals surface area (Å²) in [6, 6.07) is 2.85. The van der Waals surface area contributed by atoms with Crippen LogP contribution in [0.1, 0.15) is 44.1 Å². The van der Waals surface area contributed by atoms with Gasteiger partial charge in [0.05, 0.1) is 0 Å². The van der Waals surface area contributed by atoms with Crippen molar-refractivity contribution in [1.82, 2.24) is 15.5 Å². The summed E-state index contributed by atoms with van der Waals surface area (Å²) >= 11 is 0. The summed E-state index contributed by atoms with van der Waals surface area (Å²) < 4.78 is 0. The van der Waals surface area contributed by atoms with Gasteiger partial charge in [-0.1, -0.05) is 24.3 Å². The normalized spacial score (nSPS) is 12.2. The Morgan fingerprint density at radius 2 is 1.42 bits per heavy atom. The average Bonchev–Trinajstić information content (AvgIpc) is 2.80. The zero-order valence-electron chi connectivity index (χ0n) is 19.9. The molecule has 2 atom stereocenters. The number of nitrogens with zero attached hydrogens (tertiary/aromatic N) is 1. The predicted octanol–water partition coefficient (Wildman–Crippen LogP) is -1.00. The number of hydrogen-bond donors (Lipinski definition) is 7. The number of aryl methyl sites for hydroxylation is 1. The van der Waals surface area contributed by atoms with Gasteiger partial charge in [0.2, 0.25) is 5.91 Å². The van der Waals surface area contributed by atoms with Crippen LogP contribution in [0.4, 0.5) is 4.79 Å². The zero-order chi connectivity index (χ0) is 27.3. The predicted molar refractivity (Wildman–Crippen MR) is 127 cm³/mol. The minimum absolute atomic E-state index is 0.0447. The van der Waals surface area contributed by atoms with E-state index in [1.807, 2.05) is 5.32 Å². The Morgan fingerprint density at radius 1 is 0.861 bits per heavy atom. The molecule has 1 aromatic carbocycles. The molecule has 0 unspecified atom stereocenters. The average molecular weight is 509 g/mol. The molecule has 0 aliphatic heterocycles. The lowest BCUT2D eigenvalue weighted by Gasteiger charge is -2.19. The quantitative estimate of drug-likeness (QED) is 0.135. The monoisotopic (exact) mass is 509 g/mol. The highest BCUT2D eigenvalue weighted by atomic mass is 16.4. The minimum Gasteiger partial charge on any atom is -0.481 e. The lowest BCUT2D eigenvalue weighted by molar-refractivity contribution is -0.140. The molecule has 0 radical (unpaired) electrons. The molecule has 198 valence electrons. The maximum absolute atomic E-state index is 12.3. The highest BCUT2D eigenvalue weighted by molar-refractivity contribution is 6.58. The van der Waals surface area contributed by atoms with Gasteiger partial charge in [-0.2, -0.15) is 0 Å². The van der Waals surface area contributed by atoms with E-state index in [1.54, 1.807) is 31.3 Å². The number of aliphatic carboxylic acids is 3. The molecule has 3 amide bonds. The second-order valence-corrected chi connectivity index (χ2v) is 8.26. The van der Waals surface area contributed by atoms with Crippen molar-refractivity contribution in [3.63, 3.8) is 0 Å². The summed E-state index contributed by atoms with van der Waals surface area (Å²) in [5.74, 6) is -4.25. The molecule has 0 spiro atoms. The summed E-state index contributed by atoms with van der Waals surface area (Å²) in [7, 11) is 0.0930. The van der Waals surface area contributed by atoms with Crippen molar-refractivity contribution in [3.8, 4) is 0 Å². The van der Waals surface area contributed by atoms with Crippen LogP contribution in [0.15, 0.2) is 24.3 Å². The number of carbonyl (C=O) groups is 5. The van der Waals surface area contributed by atoms with E-state index in [0.717, 1.165) is 5.56 Å². The summed E-state index contributed by atoms with van der Waals surface area (Å²) in [6.45, 7) is 0.457. The van der Waals surface area contributed by atoms with E-state index in [2.05, 4.69) is 5.32 Å². The molecule has 0 saturated carbocycles. The summed E-state index contributed by atoms with van der Waals surface area (Å²) in [6.07, 6.45) is 0.607. The van der Waals surface area contributed by atoms with Crippen LogP contribution < -0.4 is 16.1 Å². The van der Waals surface area contributed by atoms with Gasteiger partial charge >= 0.3 is 31.1 Å². The second-order valence-electron chi connectivity index (χ2n) is 8.26. The van der Waals surface area contributed by atoms with Crippen LogP contribution >= 0.6 is 0 Å². The largest absolute Gasteiger partial charge is 0.488 e. The molecule has 0 heterocycles. The maximum Gasteiger partial charge on any atom is 0.488 e. The molecule has 1 aromatic rings. The molecule has 1 rings (SSSR count). The molecular formula is C22H32BN3O10. The lowest BCUT2D eigenvalue weighted by atomic mass is 9.80. The molecule has 0 fully saturated rings. The fourth-order valence-corrected chi connectivity index (χ4v) is 3.29. The van der Waals surface area contributed by atoms with Crippen LogP contribution in [0, 0.1) is 0 Å². The van der Waals surface area contributed by atoms with Gasteiger partial charge in [-0.25, -0.2) is 14.4 Å². The van der Waals surface area contributed by atoms with Crippen LogP contribution in [0.3, 0.4) is 0 Å². The van der Waals surface area contributed by atoms with Gasteiger partial charge in [0.25, 0.3) is 0 Å². The van der Waals surface area contributed by atoms with Crippen molar-refractivity contribution in [2.24, 2.45) is 0 Å². The number of hydrogen-bond acceptors (Lipinski definition) is 7. The number of amides is 3. The van der Waals surface area contributed by atoms with Gasteiger partial charge in [-0.3, -0.25) is 9.59 Å². The smallest absolute Gasteiger partial charge is 0.481 e. The Bertz CT molecular complexity index is 910. The summed E-state index contributed by atoms with van der Waals surface area (Å²) in [5.41, 5.74) is 1.36. The molecular weight excluding hydrogens is 477 g/mol. The molecule has 0 aromatic heterocycles.